The van der Waals surface area contributed by atoms with Gasteiger partial charge in [-0.3, -0.25) is 4.79 Å². The molecule has 0 unspecified atom stereocenters. The standard InChI is InChI=1S/C16H15NO3/c18-15(12-6-2-1-3-7-12)10-11-17-14-9-5-4-8-13(14)16(19)20/h1-9,17H,10-11H2,(H,19,20)/p-1. The summed E-state index contributed by atoms with van der Waals surface area (Å²) in [6, 6.07) is 15.5. The smallest absolute Gasteiger partial charge is 0.164 e. The summed E-state index contributed by atoms with van der Waals surface area (Å²) in [4.78, 5) is 22.8. The minimum absolute atomic E-state index is 0.0176. The Morgan fingerprint density at radius 2 is 1.60 bits per heavy atom. The molecule has 0 aliphatic carbocycles. The van der Waals surface area contributed by atoms with Gasteiger partial charge in [-0.15, -0.1) is 0 Å². The molecule has 4 nitrogen and oxygen atoms in total. The van der Waals surface area contributed by atoms with E-state index in [1.54, 1.807) is 30.3 Å². The van der Waals surface area contributed by atoms with E-state index in [9.17, 15) is 14.7 Å². The second-order valence-electron chi connectivity index (χ2n) is 4.30. The molecule has 0 amide bonds. The van der Waals surface area contributed by atoms with Crippen LogP contribution in [0.15, 0.2) is 54.6 Å². The van der Waals surface area contributed by atoms with E-state index in [2.05, 4.69) is 5.32 Å². The molecule has 2 aromatic rings. The molecule has 0 saturated carbocycles. The average Bonchev–Trinajstić information content (AvgIpc) is 2.48. The summed E-state index contributed by atoms with van der Waals surface area (Å²) in [6.07, 6.45) is 0.297. The predicted octanol–water partition coefficient (Wildman–Crippen LogP) is 1.73. The first-order chi connectivity index (χ1) is 9.68. The van der Waals surface area contributed by atoms with Crippen LogP contribution in [0.1, 0.15) is 27.1 Å². The molecular formula is C16H14NO3-. The molecule has 20 heavy (non-hydrogen) atoms. The molecule has 0 radical (unpaired) electrons. The maximum absolute atomic E-state index is 11.9. The SMILES string of the molecule is O=C(CCNc1ccccc1C(=O)[O-])c1ccccc1. The van der Waals surface area contributed by atoms with Crippen molar-refractivity contribution in [2.45, 2.75) is 6.42 Å². The van der Waals surface area contributed by atoms with Gasteiger partial charge in [-0.25, -0.2) is 0 Å². The zero-order valence-electron chi connectivity index (χ0n) is 10.8. The molecule has 0 aromatic heterocycles. The Bertz CT molecular complexity index is 608. The van der Waals surface area contributed by atoms with E-state index in [4.69, 9.17) is 0 Å². The molecule has 0 aliphatic heterocycles. The summed E-state index contributed by atoms with van der Waals surface area (Å²) < 4.78 is 0. The summed E-state index contributed by atoms with van der Waals surface area (Å²) in [5.41, 5.74) is 1.22. The lowest BCUT2D eigenvalue weighted by Crippen LogP contribution is -2.24. The van der Waals surface area contributed by atoms with Crippen LogP contribution in [0, 0.1) is 0 Å². The van der Waals surface area contributed by atoms with Crippen molar-refractivity contribution in [3.63, 3.8) is 0 Å². The lowest BCUT2D eigenvalue weighted by molar-refractivity contribution is -0.254. The third kappa shape index (κ3) is 3.45. The first-order valence-electron chi connectivity index (χ1n) is 6.31. The van der Waals surface area contributed by atoms with Gasteiger partial charge in [0.2, 0.25) is 0 Å². The van der Waals surface area contributed by atoms with E-state index in [1.807, 2.05) is 18.2 Å². The maximum atomic E-state index is 11.9. The number of hydrogen-bond acceptors (Lipinski definition) is 4. The number of para-hydroxylation sites is 1. The molecule has 0 aliphatic rings. The van der Waals surface area contributed by atoms with Crippen molar-refractivity contribution < 1.29 is 14.7 Å². The summed E-state index contributed by atoms with van der Waals surface area (Å²) in [7, 11) is 0. The van der Waals surface area contributed by atoms with Gasteiger partial charge in [0, 0.05) is 29.8 Å². The van der Waals surface area contributed by atoms with Crippen LogP contribution in [0.4, 0.5) is 5.69 Å². The topological polar surface area (TPSA) is 69.2 Å². The Morgan fingerprint density at radius 1 is 0.950 bits per heavy atom. The van der Waals surface area contributed by atoms with Crippen molar-refractivity contribution in [3.05, 3.63) is 65.7 Å². The summed E-state index contributed by atoms with van der Waals surface area (Å²) >= 11 is 0. The van der Waals surface area contributed by atoms with Gasteiger partial charge in [-0.2, -0.15) is 0 Å². The van der Waals surface area contributed by atoms with Crippen LogP contribution in [0.3, 0.4) is 0 Å². The monoisotopic (exact) mass is 268 g/mol. The van der Waals surface area contributed by atoms with Gasteiger partial charge in [0.1, 0.15) is 0 Å². The van der Waals surface area contributed by atoms with Crippen molar-refractivity contribution in [3.8, 4) is 0 Å². The Morgan fingerprint density at radius 3 is 2.30 bits per heavy atom. The van der Waals surface area contributed by atoms with Crippen LogP contribution in [0.5, 0.6) is 0 Å². The fraction of sp³-hybridized carbons (Fsp3) is 0.125. The number of aromatic carboxylic acids is 1. The zero-order valence-corrected chi connectivity index (χ0v) is 10.8. The van der Waals surface area contributed by atoms with Gasteiger partial charge >= 0.3 is 0 Å². The number of carboxylic acid groups (broad SMARTS) is 1. The molecule has 0 bridgehead atoms. The number of rotatable bonds is 6. The molecule has 0 saturated heterocycles. The zero-order chi connectivity index (χ0) is 14.4. The van der Waals surface area contributed by atoms with Crippen LogP contribution in [0.25, 0.3) is 0 Å². The van der Waals surface area contributed by atoms with Crippen LogP contribution in [-0.2, 0) is 0 Å². The lowest BCUT2D eigenvalue weighted by atomic mass is 10.1. The van der Waals surface area contributed by atoms with E-state index in [-0.39, 0.29) is 11.3 Å². The number of Topliss-reactive ketones (excluding diaryl/α,β-unsaturated/α-hetero) is 1. The van der Waals surface area contributed by atoms with E-state index >= 15 is 0 Å². The highest BCUT2D eigenvalue weighted by Gasteiger charge is 2.06. The predicted molar refractivity (Wildman–Crippen MR) is 74.7 cm³/mol. The normalized spacial score (nSPS) is 10.0. The third-order valence-electron chi connectivity index (χ3n) is 2.91. The largest absolute Gasteiger partial charge is 0.545 e. The van der Waals surface area contributed by atoms with E-state index in [0.717, 1.165) is 0 Å². The van der Waals surface area contributed by atoms with Crippen molar-refractivity contribution >= 4 is 17.4 Å². The molecule has 2 aromatic carbocycles. The van der Waals surface area contributed by atoms with Crippen molar-refractivity contribution in [1.82, 2.24) is 0 Å². The first-order valence-corrected chi connectivity index (χ1v) is 6.31. The Balaban J connectivity index is 1.94. The molecule has 2 rings (SSSR count). The third-order valence-corrected chi connectivity index (χ3v) is 2.91. The maximum Gasteiger partial charge on any atom is 0.164 e. The minimum atomic E-state index is -1.23. The van der Waals surface area contributed by atoms with Gasteiger partial charge in [-0.05, 0) is 6.07 Å². The molecule has 102 valence electrons. The molecular weight excluding hydrogens is 254 g/mol. The number of benzene rings is 2. The van der Waals surface area contributed by atoms with Crippen LogP contribution >= 0.6 is 0 Å². The minimum Gasteiger partial charge on any atom is -0.545 e. The van der Waals surface area contributed by atoms with Crippen molar-refractivity contribution in [2.75, 3.05) is 11.9 Å². The number of carbonyl (C=O) groups excluding carboxylic acids is 2. The number of carbonyl (C=O) groups is 2. The second kappa shape index (κ2) is 6.52. The fourth-order valence-corrected chi connectivity index (χ4v) is 1.89. The van der Waals surface area contributed by atoms with E-state index in [1.165, 1.54) is 6.07 Å². The number of nitrogens with one attached hydrogen (secondary N) is 1. The molecule has 0 heterocycles. The molecule has 0 atom stereocenters. The lowest BCUT2D eigenvalue weighted by Gasteiger charge is -2.12. The van der Waals surface area contributed by atoms with Crippen LogP contribution in [-0.4, -0.2) is 18.3 Å². The highest BCUT2D eigenvalue weighted by atomic mass is 16.4. The Hall–Kier alpha value is -2.62. The van der Waals surface area contributed by atoms with E-state index < -0.39 is 5.97 Å². The highest BCUT2D eigenvalue weighted by molar-refractivity contribution is 5.96. The van der Waals surface area contributed by atoms with Crippen molar-refractivity contribution in [1.29, 1.82) is 0 Å². The van der Waals surface area contributed by atoms with Gasteiger partial charge in [0.25, 0.3) is 0 Å². The van der Waals surface area contributed by atoms with Crippen LogP contribution in [0.2, 0.25) is 0 Å². The number of hydrogen-bond donors (Lipinski definition) is 1. The van der Waals surface area contributed by atoms with E-state index in [0.29, 0.717) is 24.2 Å². The number of anilines is 1. The summed E-state index contributed by atoms with van der Waals surface area (Å²) in [5, 5.41) is 13.9. The number of ketones is 1. The summed E-state index contributed by atoms with van der Waals surface area (Å²) in [5.74, 6) is -1.22. The van der Waals surface area contributed by atoms with Gasteiger partial charge in [0.05, 0.1) is 5.97 Å². The van der Waals surface area contributed by atoms with Crippen LogP contribution < -0.4 is 10.4 Å². The molecule has 0 fully saturated rings. The Kier molecular flexibility index (Phi) is 4.50. The average molecular weight is 268 g/mol. The van der Waals surface area contributed by atoms with Gasteiger partial charge < -0.3 is 15.2 Å². The quantitative estimate of drug-likeness (QED) is 0.810. The molecule has 0 spiro atoms. The summed E-state index contributed by atoms with van der Waals surface area (Å²) in [6.45, 7) is 0.373. The highest BCUT2D eigenvalue weighted by Crippen LogP contribution is 2.14. The molecule has 4 heteroatoms. The second-order valence-corrected chi connectivity index (χ2v) is 4.30. The van der Waals surface area contributed by atoms with Crippen molar-refractivity contribution in [2.24, 2.45) is 0 Å². The Labute approximate surface area is 117 Å². The number of carboxylic acids is 1. The fourth-order valence-electron chi connectivity index (χ4n) is 1.89. The first kappa shape index (κ1) is 13.8. The van der Waals surface area contributed by atoms with Gasteiger partial charge in [0.15, 0.2) is 5.78 Å². The molecule has 1 N–H and O–H groups in total. The van der Waals surface area contributed by atoms with Gasteiger partial charge in [-0.1, -0.05) is 48.5 Å².